The number of pyridine rings is 1. The van der Waals surface area contributed by atoms with Crippen molar-refractivity contribution in [2.24, 2.45) is 0 Å². The second-order valence-electron chi connectivity index (χ2n) is 6.47. The van der Waals surface area contributed by atoms with Gasteiger partial charge in [-0.1, -0.05) is 6.07 Å². The molecule has 0 amide bonds. The highest BCUT2D eigenvalue weighted by atomic mass is 15.2. The molecule has 132 valence electrons. The van der Waals surface area contributed by atoms with Crippen LogP contribution in [0.2, 0.25) is 0 Å². The van der Waals surface area contributed by atoms with E-state index in [9.17, 15) is 0 Å². The number of piperidine rings is 1. The number of hydrogen-bond acceptors (Lipinski definition) is 7. The molecule has 1 aliphatic rings. The molecule has 0 aliphatic carbocycles. The van der Waals surface area contributed by atoms with Crippen LogP contribution in [-0.4, -0.2) is 38.0 Å². The number of aromatic nitrogens is 5. The minimum atomic E-state index is 0.325. The number of nitrogens with one attached hydrogen (secondary N) is 1. The van der Waals surface area contributed by atoms with Crippen molar-refractivity contribution in [3.8, 4) is 0 Å². The van der Waals surface area contributed by atoms with Gasteiger partial charge >= 0.3 is 0 Å². The lowest BCUT2D eigenvalue weighted by molar-refractivity contribution is 0.497. The van der Waals surface area contributed by atoms with Crippen LogP contribution in [0.3, 0.4) is 0 Å². The number of anilines is 3. The van der Waals surface area contributed by atoms with Gasteiger partial charge in [0.1, 0.15) is 17.5 Å². The van der Waals surface area contributed by atoms with E-state index in [2.05, 4.69) is 30.2 Å². The molecule has 7 nitrogen and oxygen atoms in total. The Morgan fingerprint density at radius 3 is 2.85 bits per heavy atom. The number of nitrogens with zero attached hydrogens (tertiary/aromatic N) is 6. The van der Waals surface area contributed by atoms with Crippen molar-refractivity contribution in [3.63, 3.8) is 0 Å². The van der Waals surface area contributed by atoms with Crippen molar-refractivity contribution in [1.82, 2.24) is 24.9 Å². The third kappa shape index (κ3) is 3.77. The minimum absolute atomic E-state index is 0.325. The summed E-state index contributed by atoms with van der Waals surface area (Å²) in [5.41, 5.74) is 1.96. The lowest BCUT2D eigenvalue weighted by atomic mass is 9.95. The van der Waals surface area contributed by atoms with Gasteiger partial charge in [0, 0.05) is 43.3 Å². The first-order chi connectivity index (χ1) is 12.8. The SMILES string of the molecule is Cc1cccc(Nc2cncc(C3CCCN(c4cnccn4)C3)n2)n1. The van der Waals surface area contributed by atoms with Crippen molar-refractivity contribution < 1.29 is 0 Å². The van der Waals surface area contributed by atoms with Gasteiger partial charge in [0.15, 0.2) is 0 Å². The summed E-state index contributed by atoms with van der Waals surface area (Å²) < 4.78 is 0. The molecule has 1 fully saturated rings. The van der Waals surface area contributed by atoms with Gasteiger partial charge in [-0.3, -0.25) is 9.97 Å². The van der Waals surface area contributed by atoms with Crippen LogP contribution < -0.4 is 10.2 Å². The Bertz CT molecular complexity index is 869. The molecule has 1 atom stereocenters. The van der Waals surface area contributed by atoms with Crippen LogP contribution in [0.25, 0.3) is 0 Å². The van der Waals surface area contributed by atoms with Crippen LogP contribution in [0.1, 0.15) is 30.1 Å². The van der Waals surface area contributed by atoms with E-state index in [-0.39, 0.29) is 0 Å². The molecular formula is C19H21N7. The maximum Gasteiger partial charge on any atom is 0.150 e. The molecule has 3 aromatic rings. The lowest BCUT2D eigenvalue weighted by Crippen LogP contribution is -2.35. The predicted molar refractivity (Wildman–Crippen MR) is 101 cm³/mol. The van der Waals surface area contributed by atoms with Crippen LogP contribution >= 0.6 is 0 Å². The van der Waals surface area contributed by atoms with Gasteiger partial charge in [-0.15, -0.1) is 0 Å². The van der Waals surface area contributed by atoms with E-state index in [1.54, 1.807) is 18.6 Å². The molecule has 0 aromatic carbocycles. The molecule has 1 aliphatic heterocycles. The molecule has 0 radical (unpaired) electrons. The summed E-state index contributed by atoms with van der Waals surface area (Å²) in [6.07, 6.45) is 11.0. The fourth-order valence-corrected chi connectivity index (χ4v) is 3.26. The van der Waals surface area contributed by atoms with E-state index in [4.69, 9.17) is 4.98 Å². The Kier molecular flexibility index (Phi) is 4.68. The molecule has 1 saturated heterocycles. The van der Waals surface area contributed by atoms with Gasteiger partial charge in [0.05, 0.1) is 18.1 Å². The van der Waals surface area contributed by atoms with Crippen molar-refractivity contribution in [2.45, 2.75) is 25.7 Å². The van der Waals surface area contributed by atoms with E-state index in [0.29, 0.717) is 5.92 Å². The summed E-state index contributed by atoms with van der Waals surface area (Å²) in [7, 11) is 0. The highest BCUT2D eigenvalue weighted by Crippen LogP contribution is 2.28. The van der Waals surface area contributed by atoms with Crippen LogP contribution in [0.15, 0.2) is 49.2 Å². The fraction of sp³-hybridized carbons (Fsp3) is 0.316. The molecule has 0 saturated carbocycles. The molecule has 1 unspecified atom stereocenters. The normalized spacial score (nSPS) is 17.1. The van der Waals surface area contributed by atoms with Crippen LogP contribution in [0.5, 0.6) is 0 Å². The Labute approximate surface area is 152 Å². The van der Waals surface area contributed by atoms with Crippen molar-refractivity contribution >= 4 is 17.5 Å². The van der Waals surface area contributed by atoms with Gasteiger partial charge in [-0.2, -0.15) is 0 Å². The first-order valence-corrected chi connectivity index (χ1v) is 8.81. The highest BCUT2D eigenvalue weighted by molar-refractivity contribution is 5.50. The zero-order valence-electron chi connectivity index (χ0n) is 14.7. The number of hydrogen-bond donors (Lipinski definition) is 1. The van der Waals surface area contributed by atoms with E-state index in [0.717, 1.165) is 54.8 Å². The average Bonchev–Trinajstić information content (AvgIpc) is 2.69. The molecule has 7 heteroatoms. The standard InChI is InChI=1S/C19H21N7/c1-14-4-2-6-17(23-14)25-18-11-21-10-16(24-18)15-5-3-9-26(13-15)19-12-20-7-8-22-19/h2,4,6-8,10-12,15H,3,5,9,13H2,1H3,(H,23,24,25). The second kappa shape index (κ2) is 7.43. The first-order valence-electron chi connectivity index (χ1n) is 8.81. The molecule has 1 N–H and O–H groups in total. The van der Waals surface area contributed by atoms with Gasteiger partial charge in [-0.05, 0) is 31.9 Å². The average molecular weight is 347 g/mol. The quantitative estimate of drug-likeness (QED) is 0.777. The first kappa shape index (κ1) is 16.4. The number of rotatable bonds is 4. The monoisotopic (exact) mass is 347 g/mol. The minimum Gasteiger partial charge on any atom is -0.355 e. The summed E-state index contributed by atoms with van der Waals surface area (Å²) in [4.78, 5) is 24.5. The fourth-order valence-electron chi connectivity index (χ4n) is 3.26. The van der Waals surface area contributed by atoms with Gasteiger partial charge < -0.3 is 10.2 Å². The Morgan fingerprint density at radius 1 is 1.04 bits per heavy atom. The molecular weight excluding hydrogens is 326 g/mol. The summed E-state index contributed by atoms with van der Waals surface area (Å²) >= 11 is 0. The van der Waals surface area contributed by atoms with E-state index in [1.165, 1.54) is 0 Å². The largest absolute Gasteiger partial charge is 0.355 e. The smallest absolute Gasteiger partial charge is 0.150 e. The van der Waals surface area contributed by atoms with Gasteiger partial charge in [-0.25, -0.2) is 15.0 Å². The molecule has 0 bridgehead atoms. The third-order valence-corrected chi connectivity index (χ3v) is 4.51. The molecule has 3 aromatic heterocycles. The second-order valence-corrected chi connectivity index (χ2v) is 6.47. The highest BCUT2D eigenvalue weighted by Gasteiger charge is 2.24. The van der Waals surface area contributed by atoms with Crippen LogP contribution in [0.4, 0.5) is 17.5 Å². The van der Waals surface area contributed by atoms with Crippen LogP contribution in [0, 0.1) is 6.92 Å². The van der Waals surface area contributed by atoms with Gasteiger partial charge in [0.2, 0.25) is 0 Å². The Balaban J connectivity index is 1.50. The number of aryl methyl sites for hydroxylation is 1. The molecule has 4 heterocycles. The summed E-state index contributed by atoms with van der Waals surface area (Å²) in [6.45, 7) is 3.84. The summed E-state index contributed by atoms with van der Waals surface area (Å²) in [5, 5.41) is 3.25. The zero-order valence-corrected chi connectivity index (χ0v) is 14.7. The third-order valence-electron chi connectivity index (χ3n) is 4.51. The van der Waals surface area contributed by atoms with Crippen molar-refractivity contribution in [1.29, 1.82) is 0 Å². The zero-order chi connectivity index (χ0) is 17.8. The maximum atomic E-state index is 4.77. The lowest BCUT2D eigenvalue weighted by Gasteiger charge is -2.33. The molecule has 0 spiro atoms. The van der Waals surface area contributed by atoms with E-state index < -0.39 is 0 Å². The maximum absolute atomic E-state index is 4.77. The van der Waals surface area contributed by atoms with E-state index in [1.807, 2.05) is 37.5 Å². The molecule has 4 rings (SSSR count). The predicted octanol–water partition coefficient (Wildman–Crippen LogP) is 3.10. The van der Waals surface area contributed by atoms with Crippen LogP contribution in [-0.2, 0) is 0 Å². The summed E-state index contributed by atoms with van der Waals surface area (Å²) in [5.74, 6) is 2.74. The molecule has 26 heavy (non-hydrogen) atoms. The topological polar surface area (TPSA) is 79.7 Å². The Morgan fingerprint density at radius 2 is 2.00 bits per heavy atom. The Hall–Kier alpha value is -3.09. The van der Waals surface area contributed by atoms with Crippen molar-refractivity contribution in [3.05, 3.63) is 60.6 Å². The summed E-state index contributed by atoms with van der Waals surface area (Å²) in [6, 6.07) is 5.87. The van der Waals surface area contributed by atoms with E-state index >= 15 is 0 Å². The van der Waals surface area contributed by atoms with Crippen molar-refractivity contribution in [2.75, 3.05) is 23.3 Å². The van der Waals surface area contributed by atoms with Gasteiger partial charge in [0.25, 0.3) is 0 Å².